The van der Waals surface area contributed by atoms with Gasteiger partial charge in [0.25, 0.3) is 0 Å². The summed E-state index contributed by atoms with van der Waals surface area (Å²) < 4.78 is 0. The van der Waals surface area contributed by atoms with Crippen molar-refractivity contribution >= 4 is 0 Å². The van der Waals surface area contributed by atoms with Crippen molar-refractivity contribution in [3.63, 3.8) is 0 Å². The fraction of sp³-hybridized carbons (Fsp3) is 0.100. The third kappa shape index (κ3) is 6.19. The molecule has 2 aromatic heterocycles. The summed E-state index contributed by atoms with van der Waals surface area (Å²) in [6.07, 6.45) is 0. The van der Waals surface area contributed by atoms with Crippen molar-refractivity contribution in [2.24, 2.45) is 0 Å². The molecule has 0 spiro atoms. The summed E-state index contributed by atoms with van der Waals surface area (Å²) in [6.45, 7) is 8.28. The van der Waals surface area contributed by atoms with Gasteiger partial charge in [-0.15, -0.1) is 0 Å². The predicted octanol–water partition coefficient (Wildman–Crippen LogP) is 9.29. The van der Waals surface area contributed by atoms with Gasteiger partial charge in [0.1, 0.15) is 0 Å². The number of nitrogens with zero attached hydrogens (tertiary/aromatic N) is 6. The Morgan fingerprint density at radius 1 is 0.261 bits per heavy atom. The van der Waals surface area contributed by atoms with Gasteiger partial charge in [0.15, 0.2) is 34.9 Å². The predicted molar refractivity (Wildman–Crippen MR) is 185 cm³/mol. The van der Waals surface area contributed by atoms with Crippen molar-refractivity contribution in [3.8, 4) is 68.3 Å². The molecule has 0 aliphatic heterocycles. The van der Waals surface area contributed by atoms with Crippen LogP contribution in [0.4, 0.5) is 0 Å². The Morgan fingerprint density at radius 3 is 0.696 bits per heavy atom. The lowest BCUT2D eigenvalue weighted by atomic mass is 10.1. The second-order valence-corrected chi connectivity index (χ2v) is 11.7. The minimum Gasteiger partial charge on any atom is -0.208 e. The van der Waals surface area contributed by atoms with Gasteiger partial charge >= 0.3 is 0 Å². The van der Waals surface area contributed by atoms with Gasteiger partial charge in [0, 0.05) is 33.4 Å². The highest BCUT2D eigenvalue weighted by Crippen LogP contribution is 2.29. The van der Waals surface area contributed by atoms with Gasteiger partial charge < -0.3 is 0 Å². The first kappa shape index (κ1) is 28.9. The highest BCUT2D eigenvalue weighted by molar-refractivity contribution is 5.71. The molecule has 0 N–H and O–H groups in total. The SMILES string of the molecule is Cc1cccc(-c2nc(-c3ccc(-c4nc(-c5cccc(C)c5)nc(-c5cccc(C)c5)n4)cc3)nc(-c3cccc(C)c3)n2)c1. The van der Waals surface area contributed by atoms with Gasteiger partial charge in [0.2, 0.25) is 0 Å². The minimum absolute atomic E-state index is 0.603. The Morgan fingerprint density at radius 2 is 0.478 bits per heavy atom. The molecule has 0 radical (unpaired) electrons. The molecule has 0 unspecified atom stereocenters. The van der Waals surface area contributed by atoms with E-state index in [1.54, 1.807) is 0 Å². The highest BCUT2D eigenvalue weighted by atomic mass is 15.0. The van der Waals surface area contributed by atoms with E-state index >= 15 is 0 Å². The quantitative estimate of drug-likeness (QED) is 0.190. The van der Waals surface area contributed by atoms with Crippen LogP contribution in [0.5, 0.6) is 0 Å². The van der Waals surface area contributed by atoms with E-state index in [2.05, 4.69) is 76.2 Å². The van der Waals surface area contributed by atoms with Crippen molar-refractivity contribution in [1.29, 1.82) is 0 Å². The highest BCUT2D eigenvalue weighted by Gasteiger charge is 2.15. The maximum absolute atomic E-state index is 4.93. The molecule has 5 aromatic carbocycles. The fourth-order valence-electron chi connectivity index (χ4n) is 5.43. The standard InChI is InChI=1S/C40H32N6/c1-25-9-5-13-31(21-25)37-41-35(42-38(45-37)32-14-6-10-26(2)22-32)29-17-19-30(20-18-29)36-43-39(33-15-7-11-27(3)23-33)46-40(44-36)34-16-8-12-28(4)24-34/h5-24H,1-4H3. The Balaban J connectivity index is 1.32. The lowest BCUT2D eigenvalue weighted by molar-refractivity contribution is 1.07. The maximum Gasteiger partial charge on any atom is 0.164 e. The molecule has 6 heteroatoms. The molecule has 0 amide bonds. The van der Waals surface area contributed by atoms with E-state index in [0.29, 0.717) is 34.9 Å². The van der Waals surface area contributed by atoms with Crippen LogP contribution >= 0.6 is 0 Å². The van der Waals surface area contributed by atoms with E-state index in [1.807, 2.05) is 72.8 Å². The summed E-state index contributed by atoms with van der Waals surface area (Å²) in [5.41, 5.74) is 10.1. The first-order valence-corrected chi connectivity index (χ1v) is 15.3. The van der Waals surface area contributed by atoms with E-state index in [-0.39, 0.29) is 0 Å². The fourth-order valence-corrected chi connectivity index (χ4v) is 5.43. The Bertz CT molecular complexity index is 1920. The van der Waals surface area contributed by atoms with Crippen LogP contribution in [0.1, 0.15) is 22.3 Å². The first-order valence-electron chi connectivity index (χ1n) is 15.3. The number of hydrogen-bond acceptors (Lipinski definition) is 6. The molecule has 7 rings (SSSR count). The summed E-state index contributed by atoms with van der Waals surface area (Å²) in [6, 6.07) is 41.0. The van der Waals surface area contributed by atoms with Crippen molar-refractivity contribution in [2.75, 3.05) is 0 Å². The molecule has 46 heavy (non-hydrogen) atoms. The molecule has 0 saturated heterocycles. The van der Waals surface area contributed by atoms with Crippen molar-refractivity contribution in [2.45, 2.75) is 27.7 Å². The van der Waals surface area contributed by atoms with Gasteiger partial charge in [0.05, 0.1) is 0 Å². The molecule has 0 bridgehead atoms. The average molecular weight is 597 g/mol. The van der Waals surface area contributed by atoms with Crippen LogP contribution in [0.2, 0.25) is 0 Å². The zero-order valence-electron chi connectivity index (χ0n) is 26.2. The van der Waals surface area contributed by atoms with Crippen molar-refractivity contribution in [3.05, 3.63) is 144 Å². The summed E-state index contributed by atoms with van der Waals surface area (Å²) in [5, 5.41) is 0. The summed E-state index contributed by atoms with van der Waals surface area (Å²) in [7, 11) is 0. The van der Waals surface area contributed by atoms with Crippen LogP contribution < -0.4 is 0 Å². The zero-order chi connectivity index (χ0) is 31.6. The van der Waals surface area contributed by atoms with Crippen LogP contribution in [0.3, 0.4) is 0 Å². The zero-order valence-corrected chi connectivity index (χ0v) is 26.2. The summed E-state index contributed by atoms with van der Waals surface area (Å²) in [4.78, 5) is 29.5. The molecule has 222 valence electrons. The second kappa shape index (κ2) is 12.3. The molecule has 2 heterocycles. The largest absolute Gasteiger partial charge is 0.208 e. The Hall–Kier alpha value is -5.88. The van der Waals surface area contributed by atoms with E-state index < -0.39 is 0 Å². The summed E-state index contributed by atoms with van der Waals surface area (Å²) in [5.74, 6) is 3.75. The van der Waals surface area contributed by atoms with E-state index in [4.69, 9.17) is 29.9 Å². The molecule has 0 saturated carbocycles. The van der Waals surface area contributed by atoms with Crippen LogP contribution in [-0.2, 0) is 0 Å². The third-order valence-corrected chi connectivity index (χ3v) is 7.78. The van der Waals surface area contributed by atoms with Crippen molar-refractivity contribution in [1.82, 2.24) is 29.9 Å². The van der Waals surface area contributed by atoms with Crippen LogP contribution in [0, 0.1) is 27.7 Å². The van der Waals surface area contributed by atoms with E-state index in [1.165, 1.54) is 0 Å². The van der Waals surface area contributed by atoms with Crippen molar-refractivity contribution < 1.29 is 0 Å². The molecule has 0 fully saturated rings. The average Bonchev–Trinajstić information content (AvgIpc) is 3.08. The van der Waals surface area contributed by atoms with Gasteiger partial charge in [-0.2, -0.15) is 0 Å². The van der Waals surface area contributed by atoms with E-state index in [0.717, 1.165) is 55.6 Å². The topological polar surface area (TPSA) is 77.3 Å². The Kier molecular flexibility index (Phi) is 7.69. The number of benzene rings is 5. The number of aromatic nitrogens is 6. The maximum atomic E-state index is 4.93. The normalized spacial score (nSPS) is 11.0. The van der Waals surface area contributed by atoms with Gasteiger partial charge in [-0.1, -0.05) is 119 Å². The number of hydrogen-bond donors (Lipinski definition) is 0. The lowest BCUT2D eigenvalue weighted by Gasteiger charge is -2.11. The van der Waals surface area contributed by atoms with E-state index in [9.17, 15) is 0 Å². The molecule has 0 atom stereocenters. The minimum atomic E-state index is 0.603. The van der Waals surface area contributed by atoms with Gasteiger partial charge in [-0.3, -0.25) is 0 Å². The van der Waals surface area contributed by atoms with Gasteiger partial charge in [-0.25, -0.2) is 29.9 Å². The molecular formula is C40H32N6. The lowest BCUT2D eigenvalue weighted by Crippen LogP contribution is -2.01. The first-order chi connectivity index (χ1) is 22.4. The summed E-state index contributed by atoms with van der Waals surface area (Å²) >= 11 is 0. The molecule has 7 aromatic rings. The monoisotopic (exact) mass is 596 g/mol. The molecule has 6 nitrogen and oxygen atoms in total. The Labute approximate surface area is 269 Å². The second-order valence-electron chi connectivity index (χ2n) is 11.7. The van der Waals surface area contributed by atoms with Crippen LogP contribution in [0.15, 0.2) is 121 Å². The van der Waals surface area contributed by atoms with Crippen LogP contribution in [0.25, 0.3) is 68.3 Å². The van der Waals surface area contributed by atoms with Crippen LogP contribution in [-0.4, -0.2) is 29.9 Å². The molecular weight excluding hydrogens is 564 g/mol. The van der Waals surface area contributed by atoms with Gasteiger partial charge in [-0.05, 0) is 52.0 Å². The smallest absolute Gasteiger partial charge is 0.164 e. The third-order valence-electron chi connectivity index (χ3n) is 7.78. The number of rotatable bonds is 6. The number of aryl methyl sites for hydroxylation is 4. The molecule has 0 aliphatic carbocycles. The molecule has 0 aliphatic rings.